The maximum absolute atomic E-state index is 11.7. The van der Waals surface area contributed by atoms with E-state index in [0.717, 1.165) is 19.6 Å². The predicted molar refractivity (Wildman–Crippen MR) is 74.5 cm³/mol. The lowest BCUT2D eigenvalue weighted by Crippen LogP contribution is -2.37. The number of nitrogens with one attached hydrogen (secondary N) is 2. The van der Waals surface area contributed by atoms with Gasteiger partial charge in [-0.25, -0.2) is 0 Å². The van der Waals surface area contributed by atoms with Gasteiger partial charge < -0.3 is 10.6 Å². The molecule has 2 heterocycles. The van der Waals surface area contributed by atoms with E-state index < -0.39 is 0 Å². The molecule has 0 saturated carbocycles. The Kier molecular flexibility index (Phi) is 6.27. The minimum atomic E-state index is -0.0116. The molecule has 3 nitrogen and oxygen atoms in total. The van der Waals surface area contributed by atoms with Gasteiger partial charge in [-0.05, 0) is 44.0 Å². The summed E-state index contributed by atoms with van der Waals surface area (Å²) >= 11 is 7.10. The smallest absolute Gasteiger partial charge is 0.261 e. The van der Waals surface area contributed by atoms with Crippen molar-refractivity contribution in [3.05, 3.63) is 21.3 Å². The third-order valence-corrected chi connectivity index (χ3v) is 3.98. The van der Waals surface area contributed by atoms with Crippen LogP contribution in [0, 0.1) is 5.92 Å². The number of hydrogen-bond acceptors (Lipinski definition) is 3. The first-order valence-electron chi connectivity index (χ1n) is 5.50. The van der Waals surface area contributed by atoms with E-state index >= 15 is 0 Å². The zero-order valence-electron chi connectivity index (χ0n) is 9.37. The molecule has 17 heavy (non-hydrogen) atoms. The Morgan fingerprint density at radius 2 is 2.41 bits per heavy atom. The highest BCUT2D eigenvalue weighted by molar-refractivity contribution is 7.17. The molecule has 0 radical (unpaired) electrons. The molecule has 1 aromatic heterocycles. The third kappa shape index (κ3) is 4.47. The van der Waals surface area contributed by atoms with Crippen LogP contribution in [-0.4, -0.2) is 25.5 Å². The molecule has 2 N–H and O–H groups in total. The summed E-state index contributed by atoms with van der Waals surface area (Å²) in [6, 6.07) is 3.52. The molecule has 0 bridgehead atoms. The van der Waals surface area contributed by atoms with Crippen LogP contribution in [0.2, 0.25) is 4.34 Å². The number of hydrogen-bond donors (Lipinski definition) is 2. The summed E-state index contributed by atoms with van der Waals surface area (Å²) in [6.07, 6.45) is 2.39. The van der Waals surface area contributed by atoms with Gasteiger partial charge in [0.05, 0.1) is 9.21 Å². The zero-order valence-corrected chi connectivity index (χ0v) is 11.8. The lowest BCUT2D eigenvalue weighted by Gasteiger charge is -2.22. The minimum Gasteiger partial charge on any atom is -0.351 e. The second-order valence-electron chi connectivity index (χ2n) is 4.03. The van der Waals surface area contributed by atoms with Crippen molar-refractivity contribution in [3.8, 4) is 0 Å². The van der Waals surface area contributed by atoms with E-state index in [4.69, 9.17) is 11.6 Å². The van der Waals surface area contributed by atoms with Crippen LogP contribution >= 0.6 is 35.3 Å². The number of carbonyl (C=O) groups excluding carboxylic acids is 1. The fourth-order valence-corrected chi connectivity index (χ4v) is 2.82. The van der Waals surface area contributed by atoms with E-state index in [9.17, 15) is 4.79 Å². The van der Waals surface area contributed by atoms with Crippen LogP contribution in [0.25, 0.3) is 0 Å². The maximum atomic E-state index is 11.7. The van der Waals surface area contributed by atoms with Crippen molar-refractivity contribution in [2.45, 2.75) is 12.8 Å². The highest BCUT2D eigenvalue weighted by Gasteiger charge is 2.15. The van der Waals surface area contributed by atoms with Gasteiger partial charge in [-0.2, -0.15) is 0 Å². The normalized spacial score (nSPS) is 19.5. The molecule has 6 heteroatoms. The Bertz CT molecular complexity index is 364. The summed E-state index contributed by atoms with van der Waals surface area (Å²) in [4.78, 5) is 12.4. The van der Waals surface area contributed by atoms with E-state index in [0.29, 0.717) is 15.1 Å². The summed E-state index contributed by atoms with van der Waals surface area (Å²) in [7, 11) is 0. The van der Waals surface area contributed by atoms with Gasteiger partial charge in [-0.3, -0.25) is 4.79 Å². The van der Waals surface area contributed by atoms with Gasteiger partial charge in [0.2, 0.25) is 0 Å². The van der Waals surface area contributed by atoms with Gasteiger partial charge in [-0.15, -0.1) is 23.7 Å². The lowest BCUT2D eigenvalue weighted by atomic mass is 10.00. The second-order valence-corrected chi connectivity index (χ2v) is 5.74. The van der Waals surface area contributed by atoms with E-state index in [2.05, 4.69) is 10.6 Å². The van der Waals surface area contributed by atoms with E-state index in [-0.39, 0.29) is 18.3 Å². The Balaban J connectivity index is 0.00000144. The lowest BCUT2D eigenvalue weighted by molar-refractivity contribution is 0.0949. The van der Waals surface area contributed by atoms with E-state index in [1.165, 1.54) is 24.2 Å². The van der Waals surface area contributed by atoms with Crippen molar-refractivity contribution >= 4 is 41.3 Å². The zero-order chi connectivity index (χ0) is 11.4. The molecule has 0 spiro atoms. The largest absolute Gasteiger partial charge is 0.351 e. The summed E-state index contributed by atoms with van der Waals surface area (Å²) in [5.41, 5.74) is 0. The topological polar surface area (TPSA) is 41.1 Å². The number of rotatable bonds is 3. The molecule has 1 aromatic rings. The number of amides is 1. The molecule has 96 valence electrons. The van der Waals surface area contributed by atoms with E-state index in [1.54, 1.807) is 12.1 Å². The van der Waals surface area contributed by atoms with Gasteiger partial charge in [-0.1, -0.05) is 11.6 Å². The molecule has 1 amide bonds. The van der Waals surface area contributed by atoms with Crippen LogP contribution in [0.3, 0.4) is 0 Å². The highest BCUT2D eigenvalue weighted by Crippen LogP contribution is 2.21. The molecule has 0 aromatic carbocycles. The fourth-order valence-electron chi connectivity index (χ4n) is 1.86. The Hall–Kier alpha value is -0.290. The molecular weight excluding hydrogens is 279 g/mol. The van der Waals surface area contributed by atoms with Crippen LogP contribution in [0.1, 0.15) is 22.5 Å². The third-order valence-electron chi connectivity index (χ3n) is 2.75. The van der Waals surface area contributed by atoms with Crippen molar-refractivity contribution in [2.24, 2.45) is 5.92 Å². The maximum Gasteiger partial charge on any atom is 0.261 e. The van der Waals surface area contributed by atoms with E-state index in [1.807, 2.05) is 0 Å². The Morgan fingerprint density at radius 1 is 1.59 bits per heavy atom. The molecule has 1 saturated heterocycles. The molecule has 1 aliphatic rings. The average molecular weight is 295 g/mol. The average Bonchev–Trinajstić information content (AvgIpc) is 2.74. The fraction of sp³-hybridized carbons (Fsp3) is 0.545. The van der Waals surface area contributed by atoms with Crippen molar-refractivity contribution in [1.82, 2.24) is 10.6 Å². The summed E-state index contributed by atoms with van der Waals surface area (Å²) in [5.74, 6) is 0.551. The SMILES string of the molecule is Cl.O=C(NCC1CCCNC1)c1ccc(Cl)s1. The molecule has 1 atom stereocenters. The van der Waals surface area contributed by atoms with Crippen molar-refractivity contribution in [2.75, 3.05) is 19.6 Å². The molecule has 1 unspecified atom stereocenters. The van der Waals surface area contributed by atoms with Gasteiger partial charge in [0.25, 0.3) is 5.91 Å². The molecular formula is C11H16Cl2N2OS. The molecule has 2 rings (SSSR count). The van der Waals surface area contributed by atoms with Crippen LogP contribution in [0.15, 0.2) is 12.1 Å². The van der Waals surface area contributed by atoms with Gasteiger partial charge in [0, 0.05) is 6.54 Å². The van der Waals surface area contributed by atoms with Crippen LogP contribution in [0.4, 0.5) is 0 Å². The Morgan fingerprint density at radius 3 is 3.00 bits per heavy atom. The number of carbonyl (C=O) groups is 1. The second kappa shape index (κ2) is 7.21. The number of halogens is 2. The highest BCUT2D eigenvalue weighted by atomic mass is 35.5. The van der Waals surface area contributed by atoms with Gasteiger partial charge in [0.15, 0.2) is 0 Å². The van der Waals surface area contributed by atoms with Crippen molar-refractivity contribution in [1.29, 1.82) is 0 Å². The molecule has 0 aliphatic carbocycles. The first kappa shape index (κ1) is 14.8. The number of piperidine rings is 1. The Labute approximate surface area is 116 Å². The summed E-state index contributed by atoms with van der Waals surface area (Å²) < 4.78 is 0.657. The first-order valence-corrected chi connectivity index (χ1v) is 6.69. The van der Waals surface area contributed by atoms with Gasteiger partial charge >= 0.3 is 0 Å². The quantitative estimate of drug-likeness (QED) is 0.900. The minimum absolute atomic E-state index is 0. The van der Waals surface area contributed by atoms with Crippen LogP contribution in [-0.2, 0) is 0 Å². The standard InChI is InChI=1S/C11H15ClN2OS.ClH/c12-10-4-3-9(16-10)11(15)14-7-8-2-1-5-13-6-8;/h3-4,8,13H,1-2,5-7H2,(H,14,15);1H. The summed E-state index contributed by atoms with van der Waals surface area (Å²) in [5, 5.41) is 6.29. The van der Waals surface area contributed by atoms with Crippen LogP contribution in [0.5, 0.6) is 0 Å². The summed E-state index contributed by atoms with van der Waals surface area (Å²) in [6.45, 7) is 2.86. The van der Waals surface area contributed by atoms with Crippen molar-refractivity contribution in [3.63, 3.8) is 0 Å². The van der Waals surface area contributed by atoms with Crippen LogP contribution < -0.4 is 10.6 Å². The molecule has 1 fully saturated rings. The van der Waals surface area contributed by atoms with Crippen molar-refractivity contribution < 1.29 is 4.79 Å². The monoisotopic (exact) mass is 294 g/mol. The first-order chi connectivity index (χ1) is 7.75. The van der Waals surface area contributed by atoms with Gasteiger partial charge in [0.1, 0.15) is 0 Å². The molecule has 1 aliphatic heterocycles. The predicted octanol–water partition coefficient (Wildman–Crippen LogP) is 2.55. The number of thiophene rings is 1.